The Kier molecular flexibility index (Phi) is 8.72. The van der Waals surface area contributed by atoms with Crippen LogP contribution in [-0.2, 0) is 19.1 Å². The number of nitrogens with one attached hydrogen (secondary N) is 1. The molecule has 1 aromatic rings. The predicted octanol–water partition coefficient (Wildman–Crippen LogP) is 0.380. The highest BCUT2D eigenvalue weighted by molar-refractivity contribution is 5.96. The third-order valence-electron chi connectivity index (χ3n) is 5.99. The third-order valence-corrected chi connectivity index (χ3v) is 5.99. The minimum Gasteiger partial charge on any atom is -0.479 e. The molecule has 0 spiro atoms. The summed E-state index contributed by atoms with van der Waals surface area (Å²) in [6, 6.07) is 2.46. The highest BCUT2D eigenvalue weighted by Gasteiger charge is 2.35. The van der Waals surface area contributed by atoms with Crippen LogP contribution in [-0.4, -0.2) is 83.5 Å². The molecule has 0 bridgehead atoms. The number of hydrogen-bond acceptors (Lipinski definition) is 8. The van der Waals surface area contributed by atoms with Crippen LogP contribution in [0.25, 0.3) is 0 Å². The smallest absolute Gasteiger partial charge is 0.333 e. The van der Waals surface area contributed by atoms with Crippen LogP contribution in [0.3, 0.4) is 0 Å². The molecule has 11 nitrogen and oxygen atoms in total. The summed E-state index contributed by atoms with van der Waals surface area (Å²) in [6.07, 6.45) is 4.24. The van der Waals surface area contributed by atoms with E-state index in [-0.39, 0.29) is 23.6 Å². The van der Waals surface area contributed by atoms with Crippen LogP contribution in [0.1, 0.15) is 48.7 Å². The van der Waals surface area contributed by atoms with Crippen LogP contribution in [0, 0.1) is 5.92 Å². The first-order valence-corrected chi connectivity index (χ1v) is 11.1. The number of carbonyl (C=O) groups is 3. The van der Waals surface area contributed by atoms with Crippen LogP contribution in [0.4, 0.5) is 0 Å². The Hall–Kier alpha value is -3.05. The van der Waals surface area contributed by atoms with Crippen molar-refractivity contribution in [2.75, 3.05) is 26.3 Å². The molecular formula is C22H31N5O6. The number of nitrogens with two attached hydrogens (primary N) is 1. The minimum absolute atomic E-state index is 0.0589. The highest BCUT2D eigenvalue weighted by Crippen LogP contribution is 2.25. The van der Waals surface area contributed by atoms with E-state index in [1.54, 1.807) is 17.9 Å². The molecular weight excluding hydrogens is 430 g/mol. The van der Waals surface area contributed by atoms with E-state index >= 15 is 0 Å². The lowest BCUT2D eigenvalue weighted by molar-refractivity contribution is -0.166. The number of aromatic nitrogens is 1. The fourth-order valence-corrected chi connectivity index (χ4v) is 4.12. The van der Waals surface area contributed by atoms with Crippen molar-refractivity contribution in [2.24, 2.45) is 16.9 Å². The van der Waals surface area contributed by atoms with Crippen LogP contribution >= 0.6 is 0 Å². The summed E-state index contributed by atoms with van der Waals surface area (Å²) in [4.78, 5) is 42.7. The average Bonchev–Trinajstić information content (AvgIpc) is 2.83. The predicted molar refractivity (Wildman–Crippen MR) is 119 cm³/mol. The van der Waals surface area contributed by atoms with Crippen LogP contribution in [0.5, 0.6) is 0 Å². The Morgan fingerprint density at radius 3 is 2.55 bits per heavy atom. The van der Waals surface area contributed by atoms with Gasteiger partial charge in [-0.2, -0.15) is 5.10 Å². The first kappa shape index (κ1) is 24.6. The number of carboxylic acid groups (broad SMARTS) is 1. The quantitative estimate of drug-likeness (QED) is 0.285. The molecule has 2 amide bonds. The maximum absolute atomic E-state index is 12.8. The molecule has 0 radical (unpaired) electrons. The third kappa shape index (κ3) is 6.72. The zero-order valence-corrected chi connectivity index (χ0v) is 18.7. The zero-order chi connectivity index (χ0) is 23.8. The first-order chi connectivity index (χ1) is 15.9. The number of amides is 2. The van der Waals surface area contributed by atoms with Crippen molar-refractivity contribution in [1.82, 2.24) is 15.2 Å². The van der Waals surface area contributed by atoms with E-state index in [0.29, 0.717) is 57.6 Å². The second-order valence-electron chi connectivity index (χ2n) is 8.32. The summed E-state index contributed by atoms with van der Waals surface area (Å²) in [6.45, 7) is 3.61. The molecule has 3 rings (SSSR count). The average molecular weight is 462 g/mol. The number of likely N-dealkylation sites (tertiary alicyclic amines) is 1. The van der Waals surface area contributed by atoms with E-state index in [0.717, 1.165) is 0 Å². The summed E-state index contributed by atoms with van der Waals surface area (Å²) in [5, 5.41) is 15.7. The lowest BCUT2D eigenvalue weighted by Crippen LogP contribution is -2.51. The summed E-state index contributed by atoms with van der Waals surface area (Å²) in [5.74, 6) is 3.43. The molecule has 3 heterocycles. The van der Waals surface area contributed by atoms with Gasteiger partial charge in [0, 0.05) is 44.0 Å². The molecule has 0 aromatic carbocycles. The minimum atomic E-state index is -0.950. The molecule has 1 unspecified atom stereocenters. The molecule has 2 fully saturated rings. The number of carboxylic acids is 1. The summed E-state index contributed by atoms with van der Waals surface area (Å²) in [7, 11) is 0. The van der Waals surface area contributed by atoms with Gasteiger partial charge in [0.1, 0.15) is 11.7 Å². The lowest BCUT2D eigenvalue weighted by Gasteiger charge is -2.36. The van der Waals surface area contributed by atoms with Gasteiger partial charge in [0.15, 0.2) is 6.10 Å². The van der Waals surface area contributed by atoms with Crippen molar-refractivity contribution in [3.05, 3.63) is 29.6 Å². The zero-order valence-electron chi connectivity index (χ0n) is 18.7. The van der Waals surface area contributed by atoms with Crippen molar-refractivity contribution in [3.63, 3.8) is 0 Å². The van der Waals surface area contributed by atoms with Crippen molar-refractivity contribution >= 4 is 24.0 Å². The van der Waals surface area contributed by atoms with Gasteiger partial charge in [0.25, 0.3) is 5.91 Å². The largest absolute Gasteiger partial charge is 0.479 e. The van der Waals surface area contributed by atoms with Crippen LogP contribution in [0.15, 0.2) is 23.4 Å². The number of hydrogen-bond donors (Lipinski definition) is 3. The van der Waals surface area contributed by atoms with E-state index in [2.05, 4.69) is 15.4 Å². The van der Waals surface area contributed by atoms with Crippen LogP contribution in [0.2, 0.25) is 0 Å². The maximum Gasteiger partial charge on any atom is 0.333 e. The van der Waals surface area contributed by atoms with E-state index < -0.39 is 24.0 Å². The molecule has 2 saturated heterocycles. The van der Waals surface area contributed by atoms with E-state index in [1.807, 2.05) is 0 Å². The number of aliphatic carboxylic acids is 1. The fraction of sp³-hybridized carbons (Fsp3) is 0.591. The molecule has 4 N–H and O–H groups in total. The summed E-state index contributed by atoms with van der Waals surface area (Å²) < 4.78 is 11.3. The number of carbonyl (C=O) groups excluding carboxylic acids is 2. The van der Waals surface area contributed by atoms with E-state index in [4.69, 9.17) is 15.3 Å². The SMILES string of the molecule is CC(NC(=O)c1ccc(C=NN)cn1)C(=O)N1CCC(O[C@H](C(=O)O)C2CCOCC2)CC1. The molecule has 2 aliphatic heterocycles. The maximum atomic E-state index is 12.8. The van der Waals surface area contributed by atoms with Crippen molar-refractivity contribution in [2.45, 2.75) is 50.9 Å². The van der Waals surface area contributed by atoms with Gasteiger partial charge < -0.3 is 30.6 Å². The standard InChI is InChI=1S/C22H31N5O6/c1-14(26-20(28)18-3-2-15(12-24-18)13-25-23)21(29)27-8-4-17(5-9-27)33-19(22(30)31)16-6-10-32-11-7-16/h2-3,12-14,16-17,19H,4-11,23H2,1H3,(H,26,28)(H,30,31)/t14?,19-/m0/s1. The van der Waals surface area contributed by atoms with Crippen molar-refractivity contribution < 1.29 is 29.0 Å². The highest BCUT2D eigenvalue weighted by atomic mass is 16.5. The summed E-state index contributed by atoms with van der Waals surface area (Å²) in [5.41, 5.74) is 0.842. The van der Waals surface area contributed by atoms with Gasteiger partial charge in [-0.25, -0.2) is 4.79 Å². The Morgan fingerprint density at radius 1 is 1.27 bits per heavy atom. The number of hydrazone groups is 1. The Balaban J connectivity index is 1.47. The number of piperidine rings is 1. The Morgan fingerprint density at radius 2 is 1.97 bits per heavy atom. The number of ether oxygens (including phenoxy) is 2. The molecule has 0 saturated carbocycles. The second kappa shape index (κ2) is 11.7. The first-order valence-electron chi connectivity index (χ1n) is 11.1. The molecule has 1 aromatic heterocycles. The molecule has 180 valence electrons. The fourth-order valence-electron chi connectivity index (χ4n) is 4.12. The molecule has 11 heteroatoms. The Labute approximate surface area is 192 Å². The lowest BCUT2D eigenvalue weighted by atomic mass is 9.93. The van der Waals surface area contributed by atoms with Gasteiger partial charge in [-0.05, 0) is 44.7 Å². The Bertz CT molecular complexity index is 847. The van der Waals surface area contributed by atoms with Gasteiger partial charge in [0.2, 0.25) is 5.91 Å². The molecule has 2 atom stereocenters. The van der Waals surface area contributed by atoms with E-state index in [1.165, 1.54) is 18.5 Å². The topological polar surface area (TPSA) is 156 Å². The second-order valence-corrected chi connectivity index (χ2v) is 8.32. The normalized spacial score (nSPS) is 19.8. The number of pyridine rings is 1. The van der Waals surface area contributed by atoms with E-state index in [9.17, 15) is 19.5 Å². The van der Waals surface area contributed by atoms with Gasteiger partial charge >= 0.3 is 5.97 Å². The van der Waals surface area contributed by atoms with Crippen LogP contribution < -0.4 is 11.2 Å². The van der Waals surface area contributed by atoms with Crippen molar-refractivity contribution in [1.29, 1.82) is 0 Å². The molecule has 0 aliphatic carbocycles. The van der Waals surface area contributed by atoms with Gasteiger partial charge in [0.05, 0.1) is 12.3 Å². The number of rotatable bonds is 8. The molecule has 2 aliphatic rings. The molecule has 33 heavy (non-hydrogen) atoms. The van der Waals surface area contributed by atoms with Gasteiger partial charge in [-0.1, -0.05) is 0 Å². The van der Waals surface area contributed by atoms with Gasteiger partial charge in [-0.3, -0.25) is 14.6 Å². The summed E-state index contributed by atoms with van der Waals surface area (Å²) >= 11 is 0. The van der Waals surface area contributed by atoms with Gasteiger partial charge in [-0.15, -0.1) is 0 Å². The van der Waals surface area contributed by atoms with Crippen molar-refractivity contribution in [3.8, 4) is 0 Å². The monoisotopic (exact) mass is 461 g/mol. The number of nitrogens with zero attached hydrogens (tertiary/aromatic N) is 3.